The number of thiol groups is 1. The van der Waals surface area contributed by atoms with Crippen LogP contribution in [0.1, 0.15) is 40.3 Å². The van der Waals surface area contributed by atoms with E-state index in [1.54, 1.807) is 12.2 Å². The molecule has 0 radical (unpaired) electrons. The summed E-state index contributed by atoms with van der Waals surface area (Å²) >= 11 is 4.46. The maximum Gasteiger partial charge on any atom is 0.00403 e. The van der Waals surface area contributed by atoms with Gasteiger partial charge in [-0.25, -0.2) is 0 Å². The monoisotopic (exact) mass is 320 g/mol. The van der Waals surface area contributed by atoms with E-state index in [-0.39, 0.29) is 0 Å². The molecule has 1 aromatic rings. The van der Waals surface area contributed by atoms with Gasteiger partial charge in [0.05, 0.1) is 0 Å². The summed E-state index contributed by atoms with van der Waals surface area (Å²) in [6.07, 6.45) is 17.4. The Labute approximate surface area is 146 Å². The van der Waals surface area contributed by atoms with Crippen molar-refractivity contribution >= 4 is 43.0 Å². The Morgan fingerprint density at radius 2 is 1.48 bits per heavy atom. The highest BCUT2D eigenvalue weighted by atomic mass is 32.1. The number of hydrogen-bond donors (Lipinski definition) is 1. The van der Waals surface area contributed by atoms with Crippen LogP contribution in [0.4, 0.5) is 0 Å². The van der Waals surface area contributed by atoms with E-state index in [1.165, 1.54) is 5.56 Å². The quantitative estimate of drug-likeness (QED) is 0.407. The number of rotatable bonds is 7. The second kappa shape index (κ2) is 9.02. The fourth-order valence-electron chi connectivity index (χ4n) is 2.54. The molecule has 1 aromatic carbocycles. The zero-order chi connectivity index (χ0) is 17.4. The molecule has 0 aliphatic heterocycles. The van der Waals surface area contributed by atoms with Gasteiger partial charge in [0.25, 0.3) is 0 Å². The average Bonchev–Trinajstić information content (AvgIpc) is 2.56. The molecule has 0 aromatic heterocycles. The van der Waals surface area contributed by atoms with Gasteiger partial charge in [-0.3, -0.25) is 0 Å². The van der Waals surface area contributed by atoms with Gasteiger partial charge in [0.1, 0.15) is 0 Å². The van der Waals surface area contributed by atoms with Crippen molar-refractivity contribution in [2.75, 3.05) is 0 Å². The Morgan fingerprint density at radius 3 is 1.96 bits per heavy atom. The molecule has 1 rings (SSSR count). The normalized spacial score (nSPS) is 11.9. The fourth-order valence-corrected chi connectivity index (χ4v) is 2.67. The summed E-state index contributed by atoms with van der Waals surface area (Å²) in [5, 5.41) is 0. The molecule has 0 spiro atoms. The van der Waals surface area contributed by atoms with Crippen LogP contribution in [0.2, 0.25) is 0 Å². The standard InChI is InChI=1S/C22H24S/c1-7-12-14-21-19(11-5)18(10-4)20(13-8-2)16(6)22(21)15-17(23)9-3/h7-15,23H,1,3-5H2,2,6H3/b13-8-,14-12-,17-15+. The minimum Gasteiger partial charge on any atom is -0.143 e. The second-order valence-corrected chi connectivity index (χ2v) is 5.49. The molecular formula is C22H24S. The molecule has 0 saturated carbocycles. The molecule has 1 heteroatoms. The summed E-state index contributed by atoms with van der Waals surface area (Å²) < 4.78 is 0. The molecule has 0 N–H and O–H groups in total. The maximum atomic E-state index is 4.46. The molecule has 0 bridgehead atoms. The van der Waals surface area contributed by atoms with Crippen molar-refractivity contribution in [3.8, 4) is 0 Å². The van der Waals surface area contributed by atoms with E-state index in [0.29, 0.717) is 0 Å². The van der Waals surface area contributed by atoms with Crippen LogP contribution < -0.4 is 0 Å². The second-order valence-electron chi connectivity index (χ2n) is 4.97. The van der Waals surface area contributed by atoms with E-state index in [2.05, 4.69) is 51.9 Å². The Kier molecular flexibility index (Phi) is 7.37. The van der Waals surface area contributed by atoms with Crippen LogP contribution in [0.25, 0.3) is 30.4 Å². The first-order valence-electron chi connectivity index (χ1n) is 7.45. The van der Waals surface area contributed by atoms with Crippen molar-refractivity contribution in [3.63, 3.8) is 0 Å². The Balaban J connectivity index is 4.04. The number of hydrogen-bond acceptors (Lipinski definition) is 1. The van der Waals surface area contributed by atoms with Crippen LogP contribution >= 0.6 is 12.6 Å². The smallest absolute Gasteiger partial charge is 0.00403 e. The molecule has 0 aliphatic carbocycles. The van der Waals surface area contributed by atoms with Crippen molar-refractivity contribution < 1.29 is 0 Å². The van der Waals surface area contributed by atoms with Crippen LogP contribution in [0.15, 0.2) is 55.5 Å². The highest BCUT2D eigenvalue weighted by Crippen LogP contribution is 2.33. The van der Waals surface area contributed by atoms with Gasteiger partial charge in [0, 0.05) is 4.91 Å². The van der Waals surface area contributed by atoms with Gasteiger partial charge >= 0.3 is 0 Å². The van der Waals surface area contributed by atoms with Crippen LogP contribution in [-0.2, 0) is 0 Å². The van der Waals surface area contributed by atoms with Gasteiger partial charge in [-0.15, -0.1) is 12.6 Å². The molecule has 118 valence electrons. The van der Waals surface area contributed by atoms with Crippen molar-refractivity contribution in [1.82, 2.24) is 0 Å². The lowest BCUT2D eigenvalue weighted by Gasteiger charge is -2.18. The molecule has 0 heterocycles. The minimum absolute atomic E-state index is 0.814. The number of benzene rings is 1. The SMILES string of the molecule is C=C/C=C\c1c(C=C)c(C=C)c(/C=C\C)c(C)c1/C=C(/S)C=C. The van der Waals surface area contributed by atoms with Gasteiger partial charge in [-0.2, -0.15) is 0 Å². The van der Waals surface area contributed by atoms with Gasteiger partial charge < -0.3 is 0 Å². The molecule has 0 nitrogen and oxygen atoms in total. The predicted octanol–water partition coefficient (Wildman–Crippen LogP) is 6.97. The lowest BCUT2D eigenvalue weighted by atomic mass is 9.86. The van der Waals surface area contributed by atoms with Crippen molar-refractivity contribution in [2.45, 2.75) is 13.8 Å². The van der Waals surface area contributed by atoms with Crippen molar-refractivity contribution in [2.24, 2.45) is 0 Å². The molecule has 0 fully saturated rings. The van der Waals surface area contributed by atoms with E-state index in [0.717, 1.165) is 32.7 Å². The molecule has 23 heavy (non-hydrogen) atoms. The largest absolute Gasteiger partial charge is 0.143 e. The zero-order valence-corrected chi connectivity index (χ0v) is 14.9. The summed E-state index contributed by atoms with van der Waals surface area (Å²) in [6, 6.07) is 0. The summed E-state index contributed by atoms with van der Waals surface area (Å²) in [4.78, 5) is 0.814. The van der Waals surface area contributed by atoms with Gasteiger partial charge in [0.15, 0.2) is 0 Å². The van der Waals surface area contributed by atoms with E-state index in [9.17, 15) is 0 Å². The predicted molar refractivity (Wildman–Crippen MR) is 112 cm³/mol. The summed E-state index contributed by atoms with van der Waals surface area (Å²) in [7, 11) is 0. The lowest BCUT2D eigenvalue weighted by Crippen LogP contribution is -2.00. The summed E-state index contributed by atoms with van der Waals surface area (Å²) in [5.74, 6) is 0. The Bertz CT molecular complexity index is 725. The molecule has 0 amide bonds. The van der Waals surface area contributed by atoms with E-state index >= 15 is 0 Å². The topological polar surface area (TPSA) is 0 Å². The van der Waals surface area contributed by atoms with Gasteiger partial charge in [0.2, 0.25) is 0 Å². The van der Waals surface area contributed by atoms with Crippen molar-refractivity contribution in [1.29, 1.82) is 0 Å². The molecule has 0 aliphatic rings. The first-order chi connectivity index (χ1) is 11.0. The van der Waals surface area contributed by atoms with E-state index in [4.69, 9.17) is 0 Å². The lowest BCUT2D eigenvalue weighted by molar-refractivity contribution is 1.37. The third-order valence-corrected chi connectivity index (χ3v) is 3.92. The van der Waals surface area contributed by atoms with Gasteiger partial charge in [-0.1, -0.05) is 74.9 Å². The number of allylic oxidation sites excluding steroid dienone is 4. The van der Waals surface area contributed by atoms with E-state index in [1.807, 2.05) is 43.4 Å². The van der Waals surface area contributed by atoms with Crippen LogP contribution in [0.5, 0.6) is 0 Å². The van der Waals surface area contributed by atoms with Crippen molar-refractivity contribution in [3.05, 3.63) is 88.9 Å². The fraction of sp³-hybridized carbons (Fsp3) is 0.0909. The van der Waals surface area contributed by atoms with Crippen LogP contribution in [0.3, 0.4) is 0 Å². The summed E-state index contributed by atoms with van der Waals surface area (Å²) in [5.41, 5.74) is 6.62. The maximum absolute atomic E-state index is 4.46. The zero-order valence-electron chi connectivity index (χ0n) is 14.0. The third kappa shape index (κ3) is 4.14. The highest BCUT2D eigenvalue weighted by Gasteiger charge is 2.15. The molecule has 0 unspecified atom stereocenters. The first kappa shape index (κ1) is 18.8. The Hall–Kier alpha value is -2.25. The summed E-state index contributed by atoms with van der Waals surface area (Å²) in [6.45, 7) is 19.6. The molecule has 0 saturated heterocycles. The first-order valence-corrected chi connectivity index (χ1v) is 7.90. The third-order valence-electron chi connectivity index (χ3n) is 3.61. The highest BCUT2D eigenvalue weighted by molar-refractivity contribution is 7.84. The minimum atomic E-state index is 0.814. The molecule has 0 atom stereocenters. The Morgan fingerprint density at radius 1 is 0.870 bits per heavy atom. The van der Waals surface area contributed by atoms with Crippen LogP contribution in [0, 0.1) is 6.92 Å². The average molecular weight is 321 g/mol. The van der Waals surface area contributed by atoms with E-state index < -0.39 is 0 Å². The van der Waals surface area contributed by atoms with Crippen LogP contribution in [-0.4, -0.2) is 0 Å². The molecular weight excluding hydrogens is 296 g/mol. The van der Waals surface area contributed by atoms with Gasteiger partial charge in [-0.05, 0) is 53.3 Å².